The molecule has 0 saturated carbocycles. The molecule has 82 valence electrons. The molecule has 0 fully saturated rings. The van der Waals surface area contributed by atoms with E-state index in [1.807, 2.05) is 54.5 Å². The quantitative estimate of drug-likeness (QED) is 0.690. The van der Waals surface area contributed by atoms with Crippen LogP contribution in [0.2, 0.25) is 0 Å². The van der Waals surface area contributed by atoms with Crippen molar-refractivity contribution in [1.82, 2.24) is 5.32 Å². The molecular formula is C12H23NO. The Balaban J connectivity index is 4.71. The zero-order valence-electron chi connectivity index (χ0n) is 10.5. The average molecular weight is 197 g/mol. The van der Waals surface area contributed by atoms with E-state index >= 15 is 0 Å². The molecule has 0 unspecified atom stereocenters. The van der Waals surface area contributed by atoms with E-state index in [9.17, 15) is 4.79 Å². The van der Waals surface area contributed by atoms with E-state index in [1.165, 1.54) is 0 Å². The number of Topliss-reactive ketones (excluding diaryl/α,β-unsaturated/α-hetero) is 1. The number of allylic oxidation sites excluding steroid dienone is 2. The SMILES string of the molecule is CC=C(NC(C)(C)C)C(=O)C(C)(C)C. The second-order valence-corrected chi connectivity index (χ2v) is 5.66. The van der Waals surface area contributed by atoms with Crippen LogP contribution in [0.3, 0.4) is 0 Å². The van der Waals surface area contributed by atoms with Crippen LogP contribution < -0.4 is 5.32 Å². The summed E-state index contributed by atoms with van der Waals surface area (Å²) in [5, 5.41) is 3.22. The minimum atomic E-state index is -0.319. The molecule has 0 atom stereocenters. The van der Waals surface area contributed by atoms with Crippen LogP contribution in [0, 0.1) is 5.41 Å². The summed E-state index contributed by atoms with van der Waals surface area (Å²) in [4.78, 5) is 11.9. The van der Waals surface area contributed by atoms with E-state index in [2.05, 4.69) is 5.32 Å². The summed E-state index contributed by atoms with van der Waals surface area (Å²) in [5.41, 5.74) is 0.327. The number of carbonyl (C=O) groups excluding carboxylic acids is 1. The van der Waals surface area contributed by atoms with Crippen LogP contribution in [0.5, 0.6) is 0 Å². The topological polar surface area (TPSA) is 29.1 Å². The van der Waals surface area contributed by atoms with Gasteiger partial charge in [-0.05, 0) is 27.7 Å². The number of ketones is 1. The van der Waals surface area contributed by atoms with Gasteiger partial charge in [-0.3, -0.25) is 4.79 Å². The van der Waals surface area contributed by atoms with Gasteiger partial charge in [-0.15, -0.1) is 0 Å². The molecular weight excluding hydrogens is 174 g/mol. The fourth-order valence-corrected chi connectivity index (χ4v) is 1.07. The largest absolute Gasteiger partial charge is 0.378 e. The molecule has 0 aromatic rings. The highest BCUT2D eigenvalue weighted by molar-refractivity contribution is 5.98. The maximum absolute atomic E-state index is 11.9. The number of carbonyl (C=O) groups is 1. The van der Waals surface area contributed by atoms with Crippen LogP contribution in [0.4, 0.5) is 0 Å². The third kappa shape index (κ3) is 4.45. The van der Waals surface area contributed by atoms with Gasteiger partial charge in [0.1, 0.15) is 0 Å². The molecule has 2 nitrogen and oxygen atoms in total. The Labute approximate surface area is 87.8 Å². The maximum atomic E-state index is 11.9. The lowest BCUT2D eigenvalue weighted by atomic mass is 9.88. The van der Waals surface area contributed by atoms with Crippen molar-refractivity contribution in [2.45, 2.75) is 54.0 Å². The Bertz CT molecular complexity index is 238. The Morgan fingerprint density at radius 2 is 1.50 bits per heavy atom. The lowest BCUT2D eigenvalue weighted by Gasteiger charge is -2.27. The number of hydrogen-bond donors (Lipinski definition) is 1. The van der Waals surface area contributed by atoms with Crippen molar-refractivity contribution in [2.24, 2.45) is 5.41 Å². The van der Waals surface area contributed by atoms with Gasteiger partial charge >= 0.3 is 0 Å². The standard InChI is InChI=1S/C12H23NO/c1-8-9(13-12(5,6)7)10(14)11(2,3)4/h8,13H,1-7H3. The average Bonchev–Trinajstić information content (AvgIpc) is 1.95. The molecule has 14 heavy (non-hydrogen) atoms. The van der Waals surface area contributed by atoms with Crippen LogP contribution in [-0.2, 0) is 4.79 Å². The summed E-state index contributed by atoms with van der Waals surface area (Å²) in [5.74, 6) is 0.162. The van der Waals surface area contributed by atoms with E-state index < -0.39 is 0 Å². The molecule has 0 saturated heterocycles. The fourth-order valence-electron chi connectivity index (χ4n) is 1.07. The summed E-state index contributed by atoms with van der Waals surface area (Å²) in [6.07, 6.45) is 1.85. The molecule has 0 spiro atoms. The van der Waals surface area contributed by atoms with Crippen molar-refractivity contribution < 1.29 is 4.79 Å². The Kier molecular flexibility index (Phi) is 3.92. The van der Waals surface area contributed by atoms with Crippen LogP contribution in [0.25, 0.3) is 0 Å². The summed E-state index contributed by atoms with van der Waals surface area (Å²) >= 11 is 0. The normalized spacial score (nSPS) is 14.1. The molecule has 0 aliphatic rings. The van der Waals surface area contributed by atoms with Crippen molar-refractivity contribution in [3.05, 3.63) is 11.8 Å². The van der Waals surface area contributed by atoms with Crippen LogP contribution in [-0.4, -0.2) is 11.3 Å². The minimum absolute atomic E-state index is 0.0667. The van der Waals surface area contributed by atoms with Crippen LogP contribution >= 0.6 is 0 Å². The third-order valence-corrected chi connectivity index (χ3v) is 1.72. The van der Waals surface area contributed by atoms with E-state index in [4.69, 9.17) is 0 Å². The fraction of sp³-hybridized carbons (Fsp3) is 0.750. The molecule has 0 rings (SSSR count). The Morgan fingerprint density at radius 3 is 1.71 bits per heavy atom. The first-order chi connectivity index (χ1) is 6.08. The molecule has 0 radical (unpaired) electrons. The highest BCUT2D eigenvalue weighted by Crippen LogP contribution is 2.20. The Morgan fingerprint density at radius 1 is 1.07 bits per heavy atom. The van der Waals surface area contributed by atoms with Gasteiger partial charge in [0.25, 0.3) is 0 Å². The van der Waals surface area contributed by atoms with E-state index in [0.717, 1.165) is 0 Å². The molecule has 1 N–H and O–H groups in total. The highest BCUT2D eigenvalue weighted by atomic mass is 16.1. The van der Waals surface area contributed by atoms with Gasteiger partial charge in [-0.2, -0.15) is 0 Å². The molecule has 0 amide bonds. The van der Waals surface area contributed by atoms with Gasteiger partial charge < -0.3 is 5.32 Å². The number of hydrogen-bond acceptors (Lipinski definition) is 2. The number of nitrogens with one attached hydrogen (secondary N) is 1. The van der Waals surface area contributed by atoms with Crippen LogP contribution in [0.1, 0.15) is 48.5 Å². The van der Waals surface area contributed by atoms with Crippen molar-refractivity contribution >= 4 is 5.78 Å². The number of rotatable bonds is 2. The zero-order chi connectivity index (χ0) is 11.6. The van der Waals surface area contributed by atoms with E-state index in [-0.39, 0.29) is 16.7 Å². The molecule has 0 aliphatic carbocycles. The van der Waals surface area contributed by atoms with E-state index in [1.54, 1.807) is 0 Å². The summed E-state index contributed by atoms with van der Waals surface area (Å²) in [7, 11) is 0. The first-order valence-electron chi connectivity index (χ1n) is 5.07. The minimum Gasteiger partial charge on any atom is -0.378 e. The first kappa shape index (κ1) is 13.2. The zero-order valence-corrected chi connectivity index (χ0v) is 10.5. The lowest BCUT2D eigenvalue weighted by Crippen LogP contribution is -2.40. The van der Waals surface area contributed by atoms with Crippen molar-refractivity contribution in [3.8, 4) is 0 Å². The highest BCUT2D eigenvalue weighted by Gasteiger charge is 2.26. The lowest BCUT2D eigenvalue weighted by molar-refractivity contribution is -0.123. The second kappa shape index (κ2) is 4.16. The van der Waals surface area contributed by atoms with Gasteiger partial charge in [-0.25, -0.2) is 0 Å². The maximum Gasteiger partial charge on any atom is 0.183 e. The first-order valence-corrected chi connectivity index (χ1v) is 5.07. The molecule has 0 bridgehead atoms. The van der Waals surface area contributed by atoms with Crippen molar-refractivity contribution in [3.63, 3.8) is 0 Å². The van der Waals surface area contributed by atoms with Crippen molar-refractivity contribution in [1.29, 1.82) is 0 Å². The molecule has 0 heterocycles. The van der Waals surface area contributed by atoms with Crippen molar-refractivity contribution in [2.75, 3.05) is 0 Å². The van der Waals surface area contributed by atoms with Gasteiger partial charge in [0.05, 0.1) is 5.70 Å². The summed E-state index contributed by atoms with van der Waals surface area (Å²) in [6, 6.07) is 0. The van der Waals surface area contributed by atoms with Gasteiger partial charge in [0.2, 0.25) is 0 Å². The monoisotopic (exact) mass is 197 g/mol. The van der Waals surface area contributed by atoms with Gasteiger partial charge in [0.15, 0.2) is 5.78 Å². The van der Waals surface area contributed by atoms with E-state index in [0.29, 0.717) is 5.70 Å². The summed E-state index contributed by atoms with van der Waals surface area (Å²) < 4.78 is 0. The molecule has 0 aliphatic heterocycles. The predicted octanol–water partition coefficient (Wildman–Crippen LogP) is 2.89. The molecule has 0 aromatic heterocycles. The second-order valence-electron chi connectivity index (χ2n) is 5.66. The smallest absolute Gasteiger partial charge is 0.183 e. The Hall–Kier alpha value is -0.790. The molecule has 2 heteroatoms. The van der Waals surface area contributed by atoms with Gasteiger partial charge in [0, 0.05) is 11.0 Å². The van der Waals surface area contributed by atoms with Gasteiger partial charge in [-0.1, -0.05) is 26.8 Å². The van der Waals surface area contributed by atoms with Crippen LogP contribution in [0.15, 0.2) is 11.8 Å². The predicted molar refractivity (Wildman–Crippen MR) is 61.1 cm³/mol. The molecule has 0 aromatic carbocycles. The third-order valence-electron chi connectivity index (χ3n) is 1.72. The summed E-state index contributed by atoms with van der Waals surface area (Å²) in [6.45, 7) is 13.8.